The summed E-state index contributed by atoms with van der Waals surface area (Å²) < 4.78 is 132. The molecule has 0 aliphatic heterocycles. The number of nitrogens with one attached hydrogen (secondary N) is 9. The minimum atomic E-state index is -4.57. The Labute approximate surface area is 883 Å². The summed E-state index contributed by atoms with van der Waals surface area (Å²) >= 11 is 20.5. The van der Waals surface area contributed by atoms with Crippen LogP contribution in [-0.2, 0) is 45.5 Å². The number of nitrogens with zero attached hydrogens (tertiary/aromatic N) is 14. The number of hydrogen-bond donors (Lipinski definition) is 12. The lowest BCUT2D eigenvalue weighted by atomic mass is 10.1. The second-order valence-electron chi connectivity index (χ2n) is 36.0. The number of hydrogen-bond acceptors (Lipinski definition) is 34. The molecular formula is C92H127Br3Cl2F3N23O20S4. The van der Waals surface area contributed by atoms with Gasteiger partial charge in [-0.3, -0.25) is 78.4 Å². The fraction of sp³-hybridized carbons (Fsp3) is 0.511. The molecule has 11 aromatic rings. The average molecular weight is 2370 g/mol. The van der Waals surface area contributed by atoms with Gasteiger partial charge in [-0.25, -0.2) is 63.6 Å². The van der Waals surface area contributed by atoms with Crippen LogP contribution in [0.1, 0.15) is 343 Å². The molecule has 0 atom stereocenters. The van der Waals surface area contributed by atoms with Gasteiger partial charge in [-0.15, -0.1) is 0 Å². The van der Waals surface area contributed by atoms with E-state index in [2.05, 4.69) is 158 Å². The van der Waals surface area contributed by atoms with Crippen molar-refractivity contribution in [1.29, 1.82) is 5.26 Å². The van der Waals surface area contributed by atoms with Gasteiger partial charge >= 0.3 is 6.18 Å². The molecule has 55 heteroatoms. The maximum atomic E-state index is 12.3. The predicted molar refractivity (Wildman–Crippen MR) is 562 cm³/mol. The van der Waals surface area contributed by atoms with Crippen molar-refractivity contribution in [2.45, 2.75) is 307 Å². The van der Waals surface area contributed by atoms with Crippen LogP contribution in [0.4, 0.5) is 13.2 Å². The highest BCUT2D eigenvalue weighted by Gasteiger charge is 2.36. The van der Waals surface area contributed by atoms with E-state index in [1.165, 1.54) is 30.9 Å². The van der Waals surface area contributed by atoms with Gasteiger partial charge in [0, 0.05) is 90.2 Å². The van der Waals surface area contributed by atoms with Crippen LogP contribution in [0.3, 0.4) is 0 Å². The molecule has 0 amide bonds. The first kappa shape index (κ1) is 132. The molecule has 11 heterocycles. The number of rotatable bonds is 20. The number of H-pyrrole nitrogens is 9. The summed E-state index contributed by atoms with van der Waals surface area (Å²) in [5, 5.41) is 53.3. The van der Waals surface area contributed by atoms with Gasteiger partial charge in [-0.2, -0.15) is 33.7 Å². The first-order chi connectivity index (χ1) is 67.8. The van der Waals surface area contributed by atoms with E-state index in [1.807, 2.05) is 131 Å². The number of aryl methyl sites for hydroxylation is 1. The number of halogens is 8. The Balaban J connectivity index is 0.000000549. The lowest BCUT2D eigenvalue weighted by Crippen LogP contribution is -2.23. The Morgan fingerprint density at radius 2 is 0.830 bits per heavy atom. The third kappa shape index (κ3) is 43.1. The third-order valence-corrected chi connectivity index (χ3v) is 29.1. The van der Waals surface area contributed by atoms with E-state index < -0.39 is 62.2 Å². The Morgan fingerprint density at radius 3 is 1.22 bits per heavy atom. The molecular weight excluding hydrogens is 2240 g/mol. The van der Waals surface area contributed by atoms with Crippen molar-refractivity contribution < 1.29 is 62.2 Å². The summed E-state index contributed by atoms with van der Waals surface area (Å²) in [6.07, 6.45) is 9.11. The number of aromatic nitrogens is 22. The summed E-state index contributed by atoms with van der Waals surface area (Å²) in [7, 11) is -13.8. The zero-order valence-electron chi connectivity index (χ0n) is 85.9. The van der Waals surface area contributed by atoms with Crippen LogP contribution in [0.2, 0.25) is 10.4 Å². The van der Waals surface area contributed by atoms with Crippen molar-refractivity contribution in [3.05, 3.63) is 258 Å². The fourth-order valence-corrected chi connectivity index (χ4v) is 17.4. The molecule has 12 N–H and O–H groups in total. The van der Waals surface area contributed by atoms with Gasteiger partial charge in [-0.05, 0) is 117 Å². The van der Waals surface area contributed by atoms with Gasteiger partial charge in [0.05, 0.1) is 64.8 Å². The molecule has 43 nitrogen and oxygen atoms in total. The molecule has 1 aliphatic carbocycles. The number of sulfone groups is 4. The number of nitriles is 1. The maximum absolute atomic E-state index is 12.3. The van der Waals surface area contributed by atoms with E-state index in [-0.39, 0.29) is 187 Å². The van der Waals surface area contributed by atoms with Crippen LogP contribution in [-0.4, -0.2) is 188 Å². The predicted octanol–water partition coefficient (Wildman–Crippen LogP) is 14.9. The minimum absolute atomic E-state index is 0.00678. The Kier molecular flexibility index (Phi) is 54.2. The van der Waals surface area contributed by atoms with Crippen molar-refractivity contribution >= 4 is 110 Å². The normalized spacial score (nSPS) is 12.0. The molecule has 0 bridgehead atoms. The molecule has 11 aromatic heterocycles. The highest BCUT2D eigenvalue weighted by atomic mass is 79.9. The Morgan fingerprint density at radius 1 is 0.435 bits per heavy atom. The van der Waals surface area contributed by atoms with E-state index in [1.54, 1.807) is 60.9 Å². The van der Waals surface area contributed by atoms with Crippen molar-refractivity contribution in [1.82, 2.24) is 110 Å². The largest absolute Gasteiger partial charge is 0.504 e. The lowest BCUT2D eigenvalue weighted by molar-refractivity contribution is -0.145. The zero-order valence-corrected chi connectivity index (χ0v) is 95.5. The molecule has 0 radical (unpaired) electrons. The Bertz CT molecular complexity index is 7180. The molecule has 1 saturated carbocycles. The van der Waals surface area contributed by atoms with Gasteiger partial charge in [0.15, 0.2) is 71.0 Å². The van der Waals surface area contributed by atoms with E-state index in [0.717, 1.165) is 43.0 Å². The second-order valence-corrected chi connectivity index (χ2v) is 47.9. The summed E-state index contributed by atoms with van der Waals surface area (Å²) in [4.78, 5) is 155. The summed E-state index contributed by atoms with van der Waals surface area (Å²) in [6, 6.07) is 5.15. The molecule has 0 spiro atoms. The number of aliphatic hydroxyl groups excluding tert-OH is 1. The fourth-order valence-electron chi connectivity index (χ4n) is 11.8. The lowest BCUT2D eigenvalue weighted by Gasteiger charge is -2.11. The number of aromatic hydroxyl groups is 2. The van der Waals surface area contributed by atoms with Crippen LogP contribution < -0.4 is 49.6 Å². The van der Waals surface area contributed by atoms with E-state index >= 15 is 0 Å². The summed E-state index contributed by atoms with van der Waals surface area (Å²) in [6.45, 7) is 45.7. The zero-order chi connectivity index (χ0) is 113. The first-order valence-corrected chi connectivity index (χ1v) is 55.3. The van der Waals surface area contributed by atoms with Gasteiger partial charge < -0.3 is 45.2 Å². The van der Waals surface area contributed by atoms with Gasteiger partial charge in [0.1, 0.15) is 82.1 Å². The number of aromatic amines is 9. The van der Waals surface area contributed by atoms with E-state index in [0.29, 0.717) is 83.7 Å². The number of alkyl halides is 3. The van der Waals surface area contributed by atoms with Crippen LogP contribution in [0.25, 0.3) is 0 Å². The molecule has 1 fully saturated rings. The minimum Gasteiger partial charge on any atom is -0.504 e. The molecule has 147 heavy (non-hydrogen) atoms. The van der Waals surface area contributed by atoms with Crippen LogP contribution >= 0.6 is 71.0 Å². The Hall–Kier alpha value is -11.3. The third-order valence-electron chi connectivity index (χ3n) is 19.7. The molecule has 0 saturated heterocycles. The molecule has 12 rings (SSSR count). The van der Waals surface area contributed by atoms with E-state index in [4.69, 9.17) is 33.6 Å². The molecule has 0 unspecified atom stereocenters. The van der Waals surface area contributed by atoms with Crippen LogP contribution in [0, 0.1) is 18.3 Å². The van der Waals surface area contributed by atoms with Crippen molar-refractivity contribution in [3.8, 4) is 17.6 Å². The molecule has 1 aliphatic rings. The van der Waals surface area contributed by atoms with Gasteiger partial charge in [0.2, 0.25) is 27.4 Å². The van der Waals surface area contributed by atoms with Crippen molar-refractivity contribution in [3.63, 3.8) is 0 Å². The summed E-state index contributed by atoms with van der Waals surface area (Å²) in [5.74, 6) is -0.445. The second kappa shape index (κ2) is 60.4. The smallest absolute Gasteiger partial charge is 0.451 e. The van der Waals surface area contributed by atoms with Crippen LogP contribution in [0.15, 0.2) is 139 Å². The number of aliphatic hydroxyl groups is 1. The maximum Gasteiger partial charge on any atom is 0.451 e. The standard InChI is InChI=1S/C12H18N2O3S.C10H16N2O4S.C10H16N2O3S.C8H9F3N2O.C8H9N3O.C8H12N2O3S.C8H12N2O.C7H8Br2N2O.C7H9BrN2O.2C7H9ClN2O/c1-8(2)12-10(15)7-11(13-14-12)18(16,17)9-5-3-4-6-9;1-7(2)10-8(14)6-9(11-12-10)17(15,16)5-3-4-13;1-6(2)10-8(13)5-9(11-12-10)16(14,15)7(3)4;1-4(2)6-5(14)3-12-7(13-6)8(9,10)11;1-5(2)7-8(12)11-6(3-9)4-10-7;1-5(2)7-8(11)10-6(4-9-7)14(3,12)13;1-5(2)7-4-9-6(3)10-8(7)11;1-3(2)4-7(12)11-6(9)5(8)10-4;2*1-4(2)6-7(11)10-5(8)3-9-6;1-4(2)6-5(11)3-9-7(8)10-6/h7-9H,3-6H2,1-2H3,(H,13,15);6-7,13H,3-5H2,1-2H3,(H,11,14);5-7H,1-4H3,(H,11,13);3-4,14H,1-2H3;4-5H,1-2H3,(H,11,12);4-5H,1-3H3,(H,10,11);4-5H,1-3H3,(H,9,10,11);3H,1-2H3,(H,11,12);2*3-4H,1-2H3,(H,10,11);3-4,11H,1-2H3. The van der Waals surface area contributed by atoms with E-state index in [9.17, 15) is 100 Å². The topological polar surface area (TPSA) is 684 Å². The van der Waals surface area contributed by atoms with Gasteiger partial charge in [-0.1, -0.05) is 177 Å². The average Bonchev–Trinajstić information content (AvgIpc) is 1.76. The highest BCUT2D eigenvalue weighted by molar-refractivity contribution is 9.13. The quantitative estimate of drug-likeness (QED) is 0.0315. The monoisotopic (exact) mass is 2370 g/mol. The van der Waals surface area contributed by atoms with Crippen molar-refractivity contribution in [2.24, 2.45) is 0 Å². The first-order valence-electron chi connectivity index (χ1n) is 45.6. The van der Waals surface area contributed by atoms with Gasteiger partial charge in [0.25, 0.3) is 33.4 Å². The SMILES string of the molecule is CC(C)c1n[nH]c(S(=O)(=O)C(C)C)cc1=O.CC(C)c1n[nH]c(S(=O)(=O)C2CCCC2)cc1=O.CC(C)c1n[nH]c(S(=O)(=O)CCCO)cc1=O.CC(C)c1nc(Br)c(Br)[nH]c1=O.CC(C)c1nc(C(F)(F)F)ncc1O.CC(C)c1nc(Cl)ncc1O.CC(C)c1ncc(Br)[nH]c1=O.CC(C)c1ncc(C#N)[nH]c1=O.CC(C)c1ncc(Cl)[nH]c1=O.CC(C)c1ncc(S(C)(=O)=O)[nH]c1=O.Cc1ncc(C(C)C)c(=O)[nH]1. The summed E-state index contributed by atoms with van der Waals surface area (Å²) in [5.41, 5.74) is 2.81. The molecule has 810 valence electrons. The van der Waals surface area contributed by atoms with Crippen molar-refractivity contribution in [2.75, 3.05) is 18.6 Å². The molecule has 0 aromatic carbocycles. The van der Waals surface area contributed by atoms with Crippen LogP contribution in [0.5, 0.6) is 11.5 Å². The highest BCUT2D eigenvalue weighted by Crippen LogP contribution is 2.32.